The molecule has 2 N–H and O–H groups in total. The lowest BCUT2D eigenvalue weighted by atomic mass is 10.1. The molecular weight excluding hydrogens is 238 g/mol. The lowest BCUT2D eigenvalue weighted by Crippen LogP contribution is -2.42. The molecule has 98 valence electrons. The third-order valence-corrected chi connectivity index (χ3v) is 3.25. The van der Waals surface area contributed by atoms with Gasteiger partial charge in [0.15, 0.2) is 0 Å². The van der Waals surface area contributed by atoms with Gasteiger partial charge in [0.1, 0.15) is 5.56 Å². The molecule has 1 saturated heterocycles. The van der Waals surface area contributed by atoms with Crippen molar-refractivity contribution in [2.45, 2.75) is 25.4 Å². The van der Waals surface area contributed by atoms with E-state index >= 15 is 0 Å². The van der Waals surface area contributed by atoms with E-state index in [9.17, 15) is 14.4 Å². The Balaban J connectivity index is 2.50. The first-order valence-electron chi connectivity index (χ1n) is 5.79. The van der Waals surface area contributed by atoms with Crippen molar-refractivity contribution in [3.05, 3.63) is 32.6 Å². The van der Waals surface area contributed by atoms with Crippen molar-refractivity contribution in [3.8, 4) is 0 Å². The Kier molecular flexibility index (Phi) is 3.33. The average Bonchev–Trinajstić information content (AvgIpc) is 2.30. The number of hydrogen-bond donors (Lipinski definition) is 2. The smallest absolute Gasteiger partial charge is 0.342 e. The molecule has 0 aliphatic carbocycles. The molecule has 1 aliphatic rings. The lowest BCUT2D eigenvalue weighted by Gasteiger charge is -2.33. The number of nitrogens with one attached hydrogen (secondary N) is 1. The fourth-order valence-corrected chi connectivity index (χ4v) is 2.27. The first kappa shape index (κ1) is 12.6. The number of carbonyl (C=O) groups is 1. The van der Waals surface area contributed by atoms with Crippen LogP contribution in [0.1, 0.15) is 35.8 Å². The normalized spacial score (nSPS) is 20.8. The van der Waals surface area contributed by atoms with E-state index in [4.69, 9.17) is 5.11 Å². The Bertz CT molecular complexity index is 574. The molecule has 1 unspecified atom stereocenters. The molecule has 1 aromatic heterocycles. The van der Waals surface area contributed by atoms with E-state index in [0.29, 0.717) is 0 Å². The van der Waals surface area contributed by atoms with Crippen LogP contribution in [0.2, 0.25) is 0 Å². The highest BCUT2D eigenvalue weighted by atomic mass is 16.4. The van der Waals surface area contributed by atoms with Crippen molar-refractivity contribution < 1.29 is 9.90 Å². The monoisotopic (exact) mass is 253 g/mol. The number of aromatic nitrogens is 2. The van der Waals surface area contributed by atoms with Gasteiger partial charge in [0, 0.05) is 6.20 Å². The van der Waals surface area contributed by atoms with E-state index in [1.54, 1.807) is 0 Å². The van der Waals surface area contributed by atoms with E-state index in [1.807, 2.05) is 11.9 Å². The molecule has 1 aliphatic heterocycles. The van der Waals surface area contributed by atoms with Gasteiger partial charge in [-0.05, 0) is 32.9 Å². The molecule has 1 atom stereocenters. The van der Waals surface area contributed by atoms with Crippen molar-refractivity contribution in [2.24, 2.45) is 0 Å². The summed E-state index contributed by atoms with van der Waals surface area (Å²) in [4.78, 5) is 38.0. The van der Waals surface area contributed by atoms with E-state index in [2.05, 4.69) is 4.98 Å². The van der Waals surface area contributed by atoms with Gasteiger partial charge in [0.2, 0.25) is 0 Å². The number of carboxylic acid groups (broad SMARTS) is 1. The Morgan fingerprint density at radius 1 is 1.44 bits per heavy atom. The van der Waals surface area contributed by atoms with Gasteiger partial charge in [-0.15, -0.1) is 0 Å². The quantitative estimate of drug-likeness (QED) is 0.764. The predicted octanol–water partition coefficient (Wildman–Crippen LogP) is -0.151. The van der Waals surface area contributed by atoms with Gasteiger partial charge < -0.3 is 5.11 Å². The fourth-order valence-electron chi connectivity index (χ4n) is 2.27. The molecule has 2 rings (SSSR count). The molecule has 1 fully saturated rings. The van der Waals surface area contributed by atoms with Crippen LogP contribution in [-0.4, -0.2) is 39.1 Å². The van der Waals surface area contributed by atoms with Crippen molar-refractivity contribution in [2.75, 3.05) is 13.6 Å². The van der Waals surface area contributed by atoms with Crippen molar-refractivity contribution in [1.82, 2.24) is 14.5 Å². The highest BCUT2D eigenvalue weighted by Crippen LogP contribution is 2.22. The van der Waals surface area contributed by atoms with E-state index in [-0.39, 0.29) is 6.17 Å². The first-order chi connectivity index (χ1) is 8.50. The van der Waals surface area contributed by atoms with Gasteiger partial charge >= 0.3 is 11.7 Å². The molecule has 0 amide bonds. The molecule has 7 nitrogen and oxygen atoms in total. The number of likely N-dealkylation sites (tertiary alicyclic amines) is 1. The van der Waals surface area contributed by atoms with Gasteiger partial charge in [-0.3, -0.25) is 19.2 Å². The number of piperidine rings is 1. The minimum Gasteiger partial charge on any atom is -0.477 e. The van der Waals surface area contributed by atoms with Gasteiger partial charge in [-0.1, -0.05) is 0 Å². The predicted molar refractivity (Wildman–Crippen MR) is 63.8 cm³/mol. The number of hydrogen-bond acceptors (Lipinski definition) is 4. The Labute approximate surface area is 103 Å². The second-order valence-electron chi connectivity index (χ2n) is 4.47. The van der Waals surface area contributed by atoms with Crippen LogP contribution in [-0.2, 0) is 0 Å². The summed E-state index contributed by atoms with van der Waals surface area (Å²) in [6, 6.07) is 0. The zero-order valence-corrected chi connectivity index (χ0v) is 10.0. The number of H-pyrrole nitrogens is 1. The SMILES string of the molecule is CN1CCCCC1n1cc(C(=O)O)c(=O)[nH]c1=O. The summed E-state index contributed by atoms with van der Waals surface area (Å²) in [6.45, 7) is 0.846. The lowest BCUT2D eigenvalue weighted by molar-refractivity contribution is 0.0690. The maximum atomic E-state index is 11.7. The molecular formula is C11H15N3O4. The number of aromatic amines is 1. The fraction of sp³-hybridized carbons (Fsp3) is 0.545. The van der Waals surface area contributed by atoms with Crippen LogP contribution in [0.15, 0.2) is 15.8 Å². The molecule has 18 heavy (non-hydrogen) atoms. The van der Waals surface area contributed by atoms with Gasteiger partial charge in [0.25, 0.3) is 5.56 Å². The van der Waals surface area contributed by atoms with Crippen molar-refractivity contribution in [3.63, 3.8) is 0 Å². The highest BCUT2D eigenvalue weighted by molar-refractivity contribution is 5.86. The van der Waals surface area contributed by atoms with Crippen LogP contribution in [0, 0.1) is 0 Å². The Hall–Kier alpha value is -1.89. The topological polar surface area (TPSA) is 95.4 Å². The molecule has 0 bridgehead atoms. The van der Waals surface area contributed by atoms with Crippen LogP contribution in [0.3, 0.4) is 0 Å². The minimum absolute atomic E-state index is 0.193. The second kappa shape index (κ2) is 4.77. The zero-order chi connectivity index (χ0) is 13.3. The summed E-state index contributed by atoms with van der Waals surface area (Å²) < 4.78 is 1.30. The molecule has 0 aromatic carbocycles. The maximum absolute atomic E-state index is 11.7. The van der Waals surface area contributed by atoms with Crippen LogP contribution in [0.5, 0.6) is 0 Å². The summed E-state index contributed by atoms with van der Waals surface area (Å²) in [5.41, 5.74) is -1.83. The number of carboxylic acids is 1. The molecule has 7 heteroatoms. The first-order valence-corrected chi connectivity index (χ1v) is 5.79. The largest absolute Gasteiger partial charge is 0.477 e. The van der Waals surface area contributed by atoms with Crippen LogP contribution >= 0.6 is 0 Å². The van der Waals surface area contributed by atoms with Crippen LogP contribution in [0.25, 0.3) is 0 Å². The van der Waals surface area contributed by atoms with E-state index in [0.717, 1.165) is 32.0 Å². The molecule has 0 saturated carbocycles. The summed E-state index contributed by atoms with van der Waals surface area (Å²) in [5, 5.41) is 8.90. The third kappa shape index (κ3) is 2.21. The standard InChI is InChI=1S/C11H15N3O4/c1-13-5-3-2-4-8(13)14-6-7(10(16)17)9(15)12-11(14)18/h6,8H,2-5H2,1H3,(H,16,17)(H,12,15,18). The summed E-state index contributed by atoms with van der Waals surface area (Å²) in [5.74, 6) is -1.33. The number of aromatic carboxylic acids is 1. The average molecular weight is 253 g/mol. The minimum atomic E-state index is -1.33. The summed E-state index contributed by atoms with van der Waals surface area (Å²) >= 11 is 0. The molecule has 0 spiro atoms. The molecule has 1 aromatic rings. The van der Waals surface area contributed by atoms with Crippen molar-refractivity contribution in [1.29, 1.82) is 0 Å². The van der Waals surface area contributed by atoms with E-state index < -0.39 is 22.8 Å². The Morgan fingerprint density at radius 3 is 2.78 bits per heavy atom. The summed E-state index contributed by atoms with van der Waals surface area (Å²) in [7, 11) is 1.88. The molecule has 0 radical (unpaired) electrons. The summed E-state index contributed by atoms with van der Waals surface area (Å²) in [6.07, 6.45) is 3.73. The van der Waals surface area contributed by atoms with Crippen LogP contribution < -0.4 is 11.2 Å². The van der Waals surface area contributed by atoms with Gasteiger partial charge in [0.05, 0.1) is 6.17 Å². The third-order valence-electron chi connectivity index (χ3n) is 3.25. The van der Waals surface area contributed by atoms with Gasteiger partial charge in [-0.2, -0.15) is 0 Å². The van der Waals surface area contributed by atoms with Gasteiger partial charge in [-0.25, -0.2) is 9.59 Å². The van der Waals surface area contributed by atoms with Crippen LogP contribution in [0.4, 0.5) is 0 Å². The maximum Gasteiger partial charge on any atom is 0.342 e. The second-order valence-corrected chi connectivity index (χ2v) is 4.47. The highest BCUT2D eigenvalue weighted by Gasteiger charge is 2.23. The number of rotatable bonds is 2. The van der Waals surface area contributed by atoms with E-state index in [1.165, 1.54) is 4.57 Å². The number of nitrogens with zero attached hydrogens (tertiary/aromatic N) is 2. The Morgan fingerprint density at radius 2 is 2.17 bits per heavy atom. The molecule has 2 heterocycles. The zero-order valence-electron chi connectivity index (χ0n) is 10.0. The van der Waals surface area contributed by atoms with Crippen molar-refractivity contribution >= 4 is 5.97 Å².